The molecule has 0 aliphatic heterocycles. The third-order valence-electron chi connectivity index (χ3n) is 1.35. The zero-order chi connectivity index (χ0) is 5.98. The predicted octanol–water partition coefficient (Wildman–Crippen LogP) is 2.15. The van der Waals surface area contributed by atoms with E-state index in [4.69, 9.17) is 4.42 Å². The summed E-state index contributed by atoms with van der Waals surface area (Å²) >= 11 is 0. The first-order valence-electron chi connectivity index (χ1n) is 2.87. The zero-order valence-corrected chi connectivity index (χ0v) is 5.27. The van der Waals surface area contributed by atoms with Gasteiger partial charge >= 0.3 is 0 Å². The van der Waals surface area contributed by atoms with Crippen molar-refractivity contribution in [2.75, 3.05) is 0 Å². The molecular weight excluding hydrogens is 100 g/mol. The van der Waals surface area contributed by atoms with Crippen LogP contribution >= 0.6 is 0 Å². The van der Waals surface area contributed by atoms with E-state index in [9.17, 15) is 0 Å². The lowest BCUT2D eigenvalue weighted by molar-refractivity contribution is 0.530. The standard InChI is InChI=1S/C7H10O/c1-3-7-4-5-8-6(7)2/h4-5H,3H2,1-2H3. The second kappa shape index (κ2) is 2.03. The molecule has 0 saturated carbocycles. The summed E-state index contributed by atoms with van der Waals surface area (Å²) in [7, 11) is 0. The molecule has 1 aromatic rings. The molecule has 1 aromatic heterocycles. The highest BCUT2D eigenvalue weighted by atomic mass is 16.3. The van der Waals surface area contributed by atoms with E-state index in [1.807, 2.05) is 13.0 Å². The summed E-state index contributed by atoms with van der Waals surface area (Å²) in [4.78, 5) is 0. The van der Waals surface area contributed by atoms with Gasteiger partial charge in [0.05, 0.1) is 6.26 Å². The zero-order valence-electron chi connectivity index (χ0n) is 5.27. The lowest BCUT2D eigenvalue weighted by Gasteiger charge is -1.86. The van der Waals surface area contributed by atoms with E-state index in [1.54, 1.807) is 6.26 Å². The molecular formula is C7H10O. The molecule has 1 rings (SSSR count). The Morgan fingerprint density at radius 2 is 2.38 bits per heavy atom. The number of furan rings is 1. The molecule has 0 aromatic carbocycles. The average Bonchev–Trinajstić information content (AvgIpc) is 2.14. The van der Waals surface area contributed by atoms with Crippen LogP contribution in [-0.4, -0.2) is 0 Å². The minimum Gasteiger partial charge on any atom is -0.469 e. The smallest absolute Gasteiger partial charge is 0.103 e. The summed E-state index contributed by atoms with van der Waals surface area (Å²) in [5.41, 5.74) is 1.31. The van der Waals surface area contributed by atoms with Crippen LogP contribution in [-0.2, 0) is 6.42 Å². The van der Waals surface area contributed by atoms with Crippen LogP contribution in [0.3, 0.4) is 0 Å². The Kier molecular flexibility index (Phi) is 1.38. The second-order valence-corrected chi connectivity index (χ2v) is 1.86. The van der Waals surface area contributed by atoms with Gasteiger partial charge in [0.2, 0.25) is 0 Å². The van der Waals surface area contributed by atoms with Crippen LogP contribution in [0.15, 0.2) is 16.7 Å². The van der Waals surface area contributed by atoms with Crippen molar-refractivity contribution in [1.82, 2.24) is 0 Å². The van der Waals surface area contributed by atoms with E-state index in [-0.39, 0.29) is 0 Å². The molecule has 0 N–H and O–H groups in total. The molecule has 0 spiro atoms. The van der Waals surface area contributed by atoms with Crippen molar-refractivity contribution in [2.24, 2.45) is 0 Å². The molecule has 0 aliphatic rings. The largest absolute Gasteiger partial charge is 0.469 e. The highest BCUT2D eigenvalue weighted by Gasteiger charge is 1.94. The quantitative estimate of drug-likeness (QED) is 0.540. The Labute approximate surface area is 49.3 Å². The van der Waals surface area contributed by atoms with Gasteiger partial charge in [-0.15, -0.1) is 0 Å². The van der Waals surface area contributed by atoms with Gasteiger partial charge in [-0.05, 0) is 25.0 Å². The van der Waals surface area contributed by atoms with Crippen molar-refractivity contribution in [1.29, 1.82) is 0 Å². The van der Waals surface area contributed by atoms with Crippen LogP contribution < -0.4 is 0 Å². The maximum Gasteiger partial charge on any atom is 0.103 e. The summed E-state index contributed by atoms with van der Waals surface area (Å²) < 4.78 is 5.06. The van der Waals surface area contributed by atoms with Gasteiger partial charge in [0.1, 0.15) is 5.76 Å². The first-order chi connectivity index (χ1) is 3.84. The summed E-state index contributed by atoms with van der Waals surface area (Å²) in [6.45, 7) is 4.11. The Hall–Kier alpha value is -0.720. The normalized spacial score (nSPS) is 9.75. The summed E-state index contributed by atoms with van der Waals surface area (Å²) in [6, 6.07) is 2.01. The molecule has 0 bridgehead atoms. The van der Waals surface area contributed by atoms with Gasteiger partial charge in [0.25, 0.3) is 0 Å². The fourth-order valence-corrected chi connectivity index (χ4v) is 0.778. The van der Waals surface area contributed by atoms with Crippen LogP contribution in [0, 0.1) is 6.92 Å². The van der Waals surface area contributed by atoms with Gasteiger partial charge in [-0.25, -0.2) is 0 Å². The van der Waals surface area contributed by atoms with E-state index >= 15 is 0 Å². The fourth-order valence-electron chi connectivity index (χ4n) is 0.778. The molecule has 1 heteroatoms. The predicted molar refractivity (Wildman–Crippen MR) is 32.8 cm³/mol. The van der Waals surface area contributed by atoms with Crippen molar-refractivity contribution in [3.63, 3.8) is 0 Å². The third kappa shape index (κ3) is 0.760. The van der Waals surface area contributed by atoms with Crippen LogP contribution in [0.1, 0.15) is 18.2 Å². The van der Waals surface area contributed by atoms with Crippen molar-refractivity contribution in [2.45, 2.75) is 20.3 Å². The number of rotatable bonds is 1. The Morgan fingerprint density at radius 3 is 2.62 bits per heavy atom. The molecule has 44 valence electrons. The molecule has 1 heterocycles. The van der Waals surface area contributed by atoms with Crippen LogP contribution in [0.4, 0.5) is 0 Å². The lowest BCUT2D eigenvalue weighted by atomic mass is 10.2. The minimum atomic E-state index is 1.05. The van der Waals surface area contributed by atoms with Gasteiger partial charge in [-0.3, -0.25) is 0 Å². The summed E-state index contributed by atoms with van der Waals surface area (Å²) in [6.07, 6.45) is 2.80. The van der Waals surface area contributed by atoms with Gasteiger partial charge < -0.3 is 4.42 Å². The van der Waals surface area contributed by atoms with Crippen LogP contribution in [0.25, 0.3) is 0 Å². The highest BCUT2D eigenvalue weighted by molar-refractivity contribution is 5.14. The molecule has 8 heavy (non-hydrogen) atoms. The molecule has 0 unspecified atom stereocenters. The second-order valence-electron chi connectivity index (χ2n) is 1.86. The fraction of sp³-hybridized carbons (Fsp3) is 0.429. The lowest BCUT2D eigenvalue weighted by Crippen LogP contribution is -1.75. The first-order valence-corrected chi connectivity index (χ1v) is 2.87. The number of hydrogen-bond acceptors (Lipinski definition) is 1. The molecule has 0 atom stereocenters. The topological polar surface area (TPSA) is 13.1 Å². The van der Waals surface area contributed by atoms with Crippen LogP contribution in [0.2, 0.25) is 0 Å². The Bertz CT molecular complexity index is 165. The summed E-state index contributed by atoms with van der Waals surface area (Å²) in [5, 5.41) is 0. The third-order valence-corrected chi connectivity index (χ3v) is 1.35. The monoisotopic (exact) mass is 110 g/mol. The van der Waals surface area contributed by atoms with Crippen molar-refractivity contribution < 1.29 is 4.42 Å². The van der Waals surface area contributed by atoms with E-state index in [0.29, 0.717) is 0 Å². The highest BCUT2D eigenvalue weighted by Crippen LogP contribution is 2.07. The number of hydrogen-bond donors (Lipinski definition) is 0. The van der Waals surface area contributed by atoms with Crippen molar-refractivity contribution >= 4 is 0 Å². The number of aryl methyl sites for hydroxylation is 2. The van der Waals surface area contributed by atoms with E-state index < -0.39 is 0 Å². The maximum absolute atomic E-state index is 5.06. The van der Waals surface area contributed by atoms with Crippen molar-refractivity contribution in [3.05, 3.63) is 23.7 Å². The SMILES string of the molecule is CCc1ccoc1C. The van der Waals surface area contributed by atoms with Crippen LogP contribution in [0.5, 0.6) is 0 Å². The average molecular weight is 110 g/mol. The first kappa shape index (κ1) is 5.42. The van der Waals surface area contributed by atoms with Gasteiger partial charge in [-0.2, -0.15) is 0 Å². The van der Waals surface area contributed by atoms with Gasteiger partial charge in [-0.1, -0.05) is 6.92 Å². The minimum absolute atomic E-state index is 1.05. The summed E-state index contributed by atoms with van der Waals surface area (Å²) in [5.74, 6) is 1.05. The maximum atomic E-state index is 5.06. The molecule has 1 nitrogen and oxygen atoms in total. The Morgan fingerprint density at radius 1 is 1.62 bits per heavy atom. The van der Waals surface area contributed by atoms with E-state index in [2.05, 4.69) is 6.92 Å². The molecule has 0 amide bonds. The molecule has 0 fully saturated rings. The van der Waals surface area contributed by atoms with Crippen molar-refractivity contribution in [3.8, 4) is 0 Å². The molecule has 0 saturated heterocycles. The van der Waals surface area contributed by atoms with Gasteiger partial charge in [0.15, 0.2) is 0 Å². The molecule has 0 radical (unpaired) electrons. The van der Waals surface area contributed by atoms with E-state index in [0.717, 1.165) is 12.2 Å². The van der Waals surface area contributed by atoms with E-state index in [1.165, 1.54) is 5.56 Å². The van der Waals surface area contributed by atoms with Gasteiger partial charge in [0, 0.05) is 0 Å². The Balaban J connectivity index is 2.92. The molecule has 0 aliphatic carbocycles.